The molecule has 1 heterocycles. The molecule has 0 aromatic heterocycles. The molecule has 7 atom stereocenters. The van der Waals surface area contributed by atoms with Crippen LogP contribution in [-0.2, 0) is 14.3 Å². The number of carbonyl (C=O) groups is 1. The van der Waals surface area contributed by atoms with Gasteiger partial charge in [-0.1, -0.05) is 26.7 Å². The molecule has 146 valence electrons. The first kappa shape index (κ1) is 17.7. The number of rotatable bonds is 1. The maximum absolute atomic E-state index is 12.6. The predicted molar refractivity (Wildman–Crippen MR) is 101 cm³/mol. The van der Waals surface area contributed by atoms with Crippen LogP contribution in [0.25, 0.3) is 0 Å². The second-order valence-corrected chi connectivity index (χ2v) is 10.6. The number of Topliss-reactive ketones (excluding diaryl/α,β-unsaturated/α-hetero) is 1. The molecule has 0 N–H and O–H groups in total. The van der Waals surface area contributed by atoms with Crippen molar-refractivity contribution in [3.63, 3.8) is 0 Å². The van der Waals surface area contributed by atoms with Gasteiger partial charge in [0, 0.05) is 17.8 Å². The molecular weight excluding hydrogens is 324 g/mol. The third-order valence-corrected chi connectivity index (χ3v) is 9.99. The van der Waals surface area contributed by atoms with Crippen LogP contribution in [-0.4, -0.2) is 24.8 Å². The van der Waals surface area contributed by atoms with Crippen molar-refractivity contribution in [1.82, 2.24) is 0 Å². The summed E-state index contributed by atoms with van der Waals surface area (Å²) in [6.45, 7) is 8.14. The van der Waals surface area contributed by atoms with Gasteiger partial charge in [-0.05, 0) is 74.5 Å². The number of hydrogen-bond acceptors (Lipinski definition) is 3. The molecule has 5 fully saturated rings. The van der Waals surface area contributed by atoms with E-state index in [2.05, 4.69) is 13.8 Å². The average molecular weight is 361 g/mol. The Hall–Kier alpha value is -0.410. The minimum Gasteiger partial charge on any atom is -0.347 e. The molecule has 0 aromatic rings. The first-order valence-corrected chi connectivity index (χ1v) is 11.2. The van der Waals surface area contributed by atoms with Gasteiger partial charge in [-0.2, -0.15) is 0 Å². The van der Waals surface area contributed by atoms with Gasteiger partial charge in [0.05, 0.1) is 13.2 Å². The van der Waals surface area contributed by atoms with Crippen molar-refractivity contribution in [1.29, 1.82) is 0 Å². The first-order chi connectivity index (χ1) is 12.4. The number of fused-ring (bicyclic) bond motifs is 6. The number of carbonyl (C=O) groups excluding carboxylic acids is 1. The fraction of sp³-hybridized carbons (Fsp3) is 0.957. The van der Waals surface area contributed by atoms with Crippen LogP contribution < -0.4 is 0 Å². The fourth-order valence-electron chi connectivity index (χ4n) is 8.77. The quantitative estimate of drug-likeness (QED) is 0.662. The molecule has 4 aliphatic carbocycles. The summed E-state index contributed by atoms with van der Waals surface area (Å²) in [5.41, 5.74) is 0.327. The van der Waals surface area contributed by atoms with Crippen molar-refractivity contribution in [2.75, 3.05) is 13.2 Å². The van der Waals surface area contributed by atoms with Gasteiger partial charge in [0.25, 0.3) is 0 Å². The molecule has 3 heteroatoms. The second-order valence-electron chi connectivity index (χ2n) is 10.6. The minimum absolute atomic E-state index is 0.114. The van der Waals surface area contributed by atoms with Crippen molar-refractivity contribution in [3.8, 4) is 0 Å². The van der Waals surface area contributed by atoms with Gasteiger partial charge in [0.15, 0.2) is 5.79 Å². The van der Waals surface area contributed by atoms with Gasteiger partial charge in [-0.3, -0.25) is 4.79 Å². The minimum atomic E-state index is -0.506. The molecule has 0 bridgehead atoms. The highest BCUT2D eigenvalue weighted by molar-refractivity contribution is 5.79. The molecule has 1 saturated heterocycles. The molecule has 0 radical (unpaired) electrons. The summed E-state index contributed by atoms with van der Waals surface area (Å²) in [6.07, 6.45) is 11.6. The fourth-order valence-corrected chi connectivity index (χ4v) is 8.77. The summed E-state index contributed by atoms with van der Waals surface area (Å²) in [7, 11) is 0. The largest absolute Gasteiger partial charge is 0.347 e. The van der Waals surface area contributed by atoms with Crippen LogP contribution in [0.1, 0.15) is 78.6 Å². The highest BCUT2D eigenvalue weighted by Crippen LogP contribution is 2.71. The maximum atomic E-state index is 12.6. The molecule has 0 aromatic carbocycles. The zero-order valence-corrected chi connectivity index (χ0v) is 16.9. The Morgan fingerprint density at radius 3 is 2.42 bits per heavy atom. The highest BCUT2D eigenvalue weighted by Gasteiger charge is 2.71. The van der Waals surface area contributed by atoms with Gasteiger partial charge >= 0.3 is 0 Å². The topological polar surface area (TPSA) is 35.5 Å². The van der Waals surface area contributed by atoms with Crippen LogP contribution in [0, 0.1) is 40.4 Å². The summed E-state index contributed by atoms with van der Waals surface area (Å²) >= 11 is 0. The molecule has 26 heavy (non-hydrogen) atoms. The summed E-state index contributed by atoms with van der Waals surface area (Å²) in [6, 6.07) is 0. The smallest absolute Gasteiger partial charge is 0.175 e. The van der Waals surface area contributed by atoms with Gasteiger partial charge < -0.3 is 9.47 Å². The lowest BCUT2D eigenvalue weighted by molar-refractivity contribution is -0.307. The summed E-state index contributed by atoms with van der Waals surface area (Å²) in [4.78, 5) is 12.6. The van der Waals surface area contributed by atoms with E-state index in [1.165, 1.54) is 44.9 Å². The Balaban J connectivity index is 1.59. The van der Waals surface area contributed by atoms with E-state index in [4.69, 9.17) is 9.47 Å². The molecule has 3 nitrogen and oxygen atoms in total. The highest BCUT2D eigenvalue weighted by atomic mass is 16.7. The number of ketones is 1. The van der Waals surface area contributed by atoms with E-state index >= 15 is 0 Å². The summed E-state index contributed by atoms with van der Waals surface area (Å²) in [5.74, 6) is 2.92. The molecule has 4 saturated carbocycles. The van der Waals surface area contributed by atoms with Crippen molar-refractivity contribution in [3.05, 3.63) is 0 Å². The standard InChI is InChI=1S/C23H36O3/c1-15(24)18-9-10-19-17-8-7-16-6-4-5-11-21(16,2)20(17)14-23(22(18,19)3)25-12-13-26-23/h16-20H,4-14H2,1-3H3. The molecule has 5 rings (SSSR count). The van der Waals surface area contributed by atoms with E-state index in [9.17, 15) is 4.79 Å². The van der Waals surface area contributed by atoms with Crippen LogP contribution in [0.15, 0.2) is 0 Å². The van der Waals surface area contributed by atoms with Crippen molar-refractivity contribution in [2.24, 2.45) is 40.4 Å². The maximum Gasteiger partial charge on any atom is 0.175 e. The molecule has 1 aliphatic heterocycles. The van der Waals surface area contributed by atoms with Crippen LogP contribution in [0.5, 0.6) is 0 Å². The molecule has 7 unspecified atom stereocenters. The Kier molecular flexibility index (Phi) is 3.94. The Labute approximate surface area is 158 Å². The van der Waals surface area contributed by atoms with Crippen LogP contribution in [0.4, 0.5) is 0 Å². The lowest BCUT2D eigenvalue weighted by atomic mass is 9.43. The molecule has 1 spiro atoms. The monoisotopic (exact) mass is 360 g/mol. The molecular formula is C23H36O3. The lowest BCUT2D eigenvalue weighted by Crippen LogP contribution is -2.64. The molecule has 0 amide bonds. The van der Waals surface area contributed by atoms with Crippen LogP contribution >= 0.6 is 0 Å². The number of ether oxygens (including phenoxy) is 2. The van der Waals surface area contributed by atoms with Gasteiger partial charge in [0.2, 0.25) is 0 Å². The Morgan fingerprint density at radius 1 is 0.923 bits per heavy atom. The zero-order valence-electron chi connectivity index (χ0n) is 16.9. The summed E-state index contributed by atoms with van der Waals surface area (Å²) < 4.78 is 13.0. The second kappa shape index (κ2) is 5.80. The van der Waals surface area contributed by atoms with E-state index in [1.54, 1.807) is 6.92 Å². The van der Waals surface area contributed by atoms with Gasteiger partial charge in [-0.25, -0.2) is 0 Å². The van der Waals surface area contributed by atoms with Crippen LogP contribution in [0.3, 0.4) is 0 Å². The number of hydrogen-bond donors (Lipinski definition) is 0. The Morgan fingerprint density at radius 2 is 1.69 bits per heavy atom. The van der Waals surface area contributed by atoms with Gasteiger partial charge in [-0.15, -0.1) is 0 Å². The zero-order chi connectivity index (χ0) is 18.2. The van der Waals surface area contributed by atoms with Gasteiger partial charge in [0.1, 0.15) is 5.78 Å². The average Bonchev–Trinajstić information content (AvgIpc) is 3.22. The SMILES string of the molecule is CC(=O)C1CCC2C3CCC4CCCCC4(C)C3CC3(OCCO3)C12C. The summed E-state index contributed by atoms with van der Waals surface area (Å²) in [5, 5.41) is 0. The normalized spacial score (nSPS) is 52.3. The van der Waals surface area contributed by atoms with Crippen molar-refractivity contribution >= 4 is 5.78 Å². The van der Waals surface area contributed by atoms with E-state index in [-0.39, 0.29) is 11.3 Å². The lowest BCUT2D eigenvalue weighted by Gasteiger charge is -2.64. The third-order valence-electron chi connectivity index (χ3n) is 9.99. The van der Waals surface area contributed by atoms with E-state index in [1.807, 2.05) is 0 Å². The van der Waals surface area contributed by atoms with Crippen molar-refractivity contribution < 1.29 is 14.3 Å². The predicted octanol–water partition coefficient (Wildman–Crippen LogP) is 4.98. The first-order valence-electron chi connectivity index (χ1n) is 11.2. The van der Waals surface area contributed by atoms with E-state index in [0.717, 1.165) is 24.7 Å². The van der Waals surface area contributed by atoms with Crippen molar-refractivity contribution in [2.45, 2.75) is 84.3 Å². The van der Waals surface area contributed by atoms with Crippen LogP contribution in [0.2, 0.25) is 0 Å². The third kappa shape index (κ3) is 2.05. The molecule has 5 aliphatic rings. The Bertz CT molecular complexity index is 594. The van der Waals surface area contributed by atoms with E-state index in [0.29, 0.717) is 36.2 Å². The van der Waals surface area contributed by atoms with E-state index < -0.39 is 5.79 Å².